The molecule has 0 radical (unpaired) electrons. The van der Waals surface area contributed by atoms with E-state index in [2.05, 4.69) is 15.6 Å². The number of anilines is 1. The molecule has 2 fully saturated rings. The maximum Gasteiger partial charge on any atom is 0.281 e. The molecule has 3 aliphatic rings. The lowest BCUT2D eigenvalue weighted by atomic mass is 10.0. The number of rotatable bonds is 2. The third-order valence-corrected chi connectivity index (χ3v) is 4.71. The molecule has 4 heterocycles. The predicted molar refractivity (Wildman–Crippen MR) is 86.0 cm³/mol. The molecule has 3 aliphatic heterocycles. The predicted octanol–water partition coefficient (Wildman–Crippen LogP) is -1.11. The smallest absolute Gasteiger partial charge is 0.281 e. The summed E-state index contributed by atoms with van der Waals surface area (Å²) in [5.74, 6) is -1.48. The van der Waals surface area contributed by atoms with E-state index in [1.54, 1.807) is 12.1 Å². The quantitative estimate of drug-likeness (QED) is 0.655. The highest BCUT2D eigenvalue weighted by atomic mass is 16.2. The van der Waals surface area contributed by atoms with Crippen LogP contribution in [0.2, 0.25) is 0 Å². The second-order valence-electron chi connectivity index (χ2n) is 6.25. The first-order valence-electron chi connectivity index (χ1n) is 8.24. The first kappa shape index (κ1) is 15.7. The van der Waals surface area contributed by atoms with Crippen molar-refractivity contribution in [3.8, 4) is 0 Å². The van der Waals surface area contributed by atoms with Crippen molar-refractivity contribution >= 4 is 29.4 Å². The van der Waals surface area contributed by atoms with Crippen molar-refractivity contribution in [2.24, 2.45) is 0 Å². The van der Waals surface area contributed by atoms with Gasteiger partial charge in [0.1, 0.15) is 17.6 Å². The van der Waals surface area contributed by atoms with Crippen molar-refractivity contribution < 1.29 is 19.2 Å². The molecule has 2 saturated heterocycles. The number of imide groups is 2. The number of aromatic nitrogens is 1. The Morgan fingerprint density at radius 1 is 1.04 bits per heavy atom. The highest BCUT2D eigenvalue weighted by Gasteiger charge is 2.45. The number of piperidine rings is 1. The van der Waals surface area contributed by atoms with E-state index < -0.39 is 29.7 Å². The van der Waals surface area contributed by atoms with Crippen LogP contribution in [-0.2, 0) is 9.59 Å². The molecule has 1 atom stereocenters. The number of fused-ring (bicyclic) bond motifs is 1. The lowest BCUT2D eigenvalue weighted by molar-refractivity contribution is -0.136. The van der Waals surface area contributed by atoms with Gasteiger partial charge in [-0.1, -0.05) is 0 Å². The molecular formula is C16H17N5O4. The summed E-state index contributed by atoms with van der Waals surface area (Å²) in [6.45, 7) is 3.19. The van der Waals surface area contributed by atoms with Crippen molar-refractivity contribution in [2.75, 3.05) is 31.1 Å². The molecule has 1 aromatic rings. The van der Waals surface area contributed by atoms with Gasteiger partial charge in [-0.3, -0.25) is 29.4 Å². The third-order valence-electron chi connectivity index (χ3n) is 4.71. The van der Waals surface area contributed by atoms with E-state index >= 15 is 0 Å². The molecule has 130 valence electrons. The van der Waals surface area contributed by atoms with Crippen LogP contribution >= 0.6 is 0 Å². The molecule has 1 unspecified atom stereocenters. The molecule has 4 rings (SSSR count). The Morgan fingerprint density at radius 3 is 2.52 bits per heavy atom. The first-order valence-corrected chi connectivity index (χ1v) is 8.24. The third kappa shape index (κ3) is 2.56. The Morgan fingerprint density at radius 2 is 1.80 bits per heavy atom. The highest BCUT2D eigenvalue weighted by molar-refractivity contribution is 6.22. The van der Waals surface area contributed by atoms with Gasteiger partial charge in [0.2, 0.25) is 11.8 Å². The van der Waals surface area contributed by atoms with Crippen LogP contribution in [0.15, 0.2) is 12.1 Å². The number of carbonyl (C=O) groups is 4. The molecule has 0 aliphatic carbocycles. The lowest BCUT2D eigenvalue weighted by Gasteiger charge is -2.28. The second kappa shape index (κ2) is 5.92. The minimum absolute atomic E-state index is 0.0748. The van der Waals surface area contributed by atoms with Gasteiger partial charge < -0.3 is 10.2 Å². The summed E-state index contributed by atoms with van der Waals surface area (Å²) in [6.07, 6.45) is 0.240. The van der Waals surface area contributed by atoms with Gasteiger partial charge >= 0.3 is 0 Å². The molecule has 0 aromatic carbocycles. The van der Waals surface area contributed by atoms with Gasteiger partial charge in [-0.15, -0.1) is 0 Å². The SMILES string of the molecule is O=C1CCC(N2C(=O)c3ccc(N4CCNCC4)nc3C2=O)C(=O)N1. The monoisotopic (exact) mass is 343 g/mol. The number of piperazine rings is 1. The van der Waals surface area contributed by atoms with Crippen molar-refractivity contribution in [1.82, 2.24) is 20.5 Å². The van der Waals surface area contributed by atoms with Gasteiger partial charge in [-0.2, -0.15) is 0 Å². The summed E-state index contributed by atoms with van der Waals surface area (Å²) in [5.41, 5.74) is 0.277. The molecule has 9 nitrogen and oxygen atoms in total. The average molecular weight is 343 g/mol. The maximum atomic E-state index is 12.7. The molecule has 1 aromatic heterocycles. The number of nitrogens with one attached hydrogen (secondary N) is 2. The highest BCUT2D eigenvalue weighted by Crippen LogP contribution is 2.28. The number of hydrogen-bond donors (Lipinski definition) is 2. The van der Waals surface area contributed by atoms with E-state index in [-0.39, 0.29) is 24.1 Å². The zero-order valence-corrected chi connectivity index (χ0v) is 13.4. The van der Waals surface area contributed by atoms with Gasteiger partial charge in [0.05, 0.1) is 5.56 Å². The number of amides is 4. The molecule has 9 heteroatoms. The van der Waals surface area contributed by atoms with E-state index in [9.17, 15) is 19.2 Å². The van der Waals surface area contributed by atoms with E-state index in [0.717, 1.165) is 31.1 Å². The van der Waals surface area contributed by atoms with E-state index in [1.807, 2.05) is 4.90 Å². The van der Waals surface area contributed by atoms with Crippen molar-refractivity contribution in [3.63, 3.8) is 0 Å². The van der Waals surface area contributed by atoms with Gasteiger partial charge in [-0.25, -0.2) is 4.98 Å². The summed E-state index contributed by atoms with van der Waals surface area (Å²) in [6, 6.07) is 2.35. The van der Waals surface area contributed by atoms with Gasteiger partial charge in [0.25, 0.3) is 11.8 Å². The van der Waals surface area contributed by atoms with Gasteiger partial charge in [-0.05, 0) is 18.6 Å². The summed E-state index contributed by atoms with van der Waals surface area (Å²) in [4.78, 5) is 56.0. The average Bonchev–Trinajstić information content (AvgIpc) is 2.87. The molecule has 0 spiro atoms. The van der Waals surface area contributed by atoms with Crippen LogP contribution in [0.5, 0.6) is 0 Å². The summed E-state index contributed by atoms with van der Waals surface area (Å²) < 4.78 is 0. The maximum absolute atomic E-state index is 12.7. The number of pyridine rings is 1. The van der Waals surface area contributed by atoms with Crippen LogP contribution in [0.1, 0.15) is 33.7 Å². The summed E-state index contributed by atoms with van der Waals surface area (Å²) in [7, 11) is 0. The second-order valence-corrected chi connectivity index (χ2v) is 6.25. The molecule has 0 saturated carbocycles. The minimum atomic E-state index is -0.963. The standard InChI is InChI=1S/C16H17N5O4/c22-12-4-2-10(14(23)19-12)21-15(24)9-1-3-11(18-13(9)16(21)25)20-7-5-17-6-8-20/h1,3,10,17H,2,4-8H2,(H,19,22,23). The zero-order chi connectivity index (χ0) is 17.6. The number of hydrogen-bond acceptors (Lipinski definition) is 7. The van der Waals surface area contributed by atoms with Crippen molar-refractivity contribution in [3.05, 3.63) is 23.4 Å². The first-order chi connectivity index (χ1) is 12.1. The van der Waals surface area contributed by atoms with Crippen LogP contribution in [0.3, 0.4) is 0 Å². The fourth-order valence-electron chi connectivity index (χ4n) is 3.40. The summed E-state index contributed by atoms with van der Waals surface area (Å²) >= 11 is 0. The van der Waals surface area contributed by atoms with Crippen LogP contribution < -0.4 is 15.5 Å². The Balaban J connectivity index is 1.63. The topological polar surface area (TPSA) is 112 Å². The molecule has 0 bridgehead atoms. The van der Waals surface area contributed by atoms with E-state index in [1.165, 1.54) is 0 Å². The lowest BCUT2D eigenvalue weighted by Crippen LogP contribution is -2.54. The van der Waals surface area contributed by atoms with Crippen LogP contribution in [-0.4, -0.2) is 65.7 Å². The fourth-order valence-corrected chi connectivity index (χ4v) is 3.40. The van der Waals surface area contributed by atoms with Crippen LogP contribution in [0, 0.1) is 0 Å². The zero-order valence-electron chi connectivity index (χ0n) is 13.4. The molecule has 2 N–H and O–H groups in total. The van der Waals surface area contributed by atoms with Crippen molar-refractivity contribution in [1.29, 1.82) is 0 Å². The Kier molecular flexibility index (Phi) is 3.72. The molecule has 4 amide bonds. The molecule has 25 heavy (non-hydrogen) atoms. The fraction of sp³-hybridized carbons (Fsp3) is 0.438. The van der Waals surface area contributed by atoms with Crippen molar-refractivity contribution in [2.45, 2.75) is 18.9 Å². The Labute approximate surface area is 143 Å². The Hall–Kier alpha value is -2.81. The Bertz CT molecular complexity index is 787. The van der Waals surface area contributed by atoms with Gasteiger partial charge in [0.15, 0.2) is 0 Å². The van der Waals surface area contributed by atoms with E-state index in [0.29, 0.717) is 5.82 Å². The summed E-state index contributed by atoms with van der Waals surface area (Å²) in [5, 5.41) is 5.42. The molecular weight excluding hydrogens is 326 g/mol. The van der Waals surface area contributed by atoms with Crippen LogP contribution in [0.4, 0.5) is 5.82 Å². The number of nitrogens with zero attached hydrogens (tertiary/aromatic N) is 3. The van der Waals surface area contributed by atoms with E-state index in [4.69, 9.17) is 0 Å². The number of carbonyl (C=O) groups excluding carboxylic acids is 4. The minimum Gasteiger partial charge on any atom is -0.354 e. The largest absolute Gasteiger partial charge is 0.354 e. The normalized spacial score (nSPS) is 23.8. The van der Waals surface area contributed by atoms with Crippen LogP contribution in [0.25, 0.3) is 0 Å². The van der Waals surface area contributed by atoms with Gasteiger partial charge in [0, 0.05) is 32.6 Å².